The van der Waals surface area contributed by atoms with Crippen LogP contribution in [0.25, 0.3) is 0 Å². The zero-order chi connectivity index (χ0) is 24.3. The van der Waals surface area contributed by atoms with E-state index in [1.807, 2.05) is 49.4 Å². The summed E-state index contributed by atoms with van der Waals surface area (Å²) in [4.78, 5) is 28.4. The van der Waals surface area contributed by atoms with Gasteiger partial charge in [0, 0.05) is 12.6 Å². The van der Waals surface area contributed by atoms with Crippen molar-refractivity contribution in [2.45, 2.75) is 83.7 Å². The Morgan fingerprint density at radius 2 is 1.68 bits per heavy atom. The Balaban J connectivity index is 1.72. The lowest BCUT2D eigenvalue weighted by Gasteiger charge is -2.32. The molecule has 0 aromatic heterocycles. The van der Waals surface area contributed by atoms with Crippen LogP contribution in [0.15, 0.2) is 54.6 Å². The van der Waals surface area contributed by atoms with E-state index in [4.69, 9.17) is 4.74 Å². The second kappa shape index (κ2) is 13.2. The van der Waals surface area contributed by atoms with Gasteiger partial charge in [0.25, 0.3) is 5.91 Å². The fourth-order valence-electron chi connectivity index (χ4n) is 4.75. The van der Waals surface area contributed by atoms with E-state index in [0.29, 0.717) is 25.3 Å². The molecule has 3 rings (SSSR count). The molecular weight excluding hydrogens is 424 g/mol. The van der Waals surface area contributed by atoms with Gasteiger partial charge in [-0.05, 0) is 48.8 Å². The third-order valence-corrected chi connectivity index (χ3v) is 6.71. The Hall–Kier alpha value is -2.82. The van der Waals surface area contributed by atoms with Crippen molar-refractivity contribution in [1.82, 2.24) is 10.2 Å². The molecule has 0 saturated heterocycles. The van der Waals surface area contributed by atoms with Gasteiger partial charge in [-0.15, -0.1) is 0 Å². The number of rotatable bonds is 11. The molecule has 0 unspecified atom stereocenters. The SMILES string of the molecule is CC[C@@H](C(=O)NC1CCCCC1)N(CCc1ccccc1)C(=O)COc1ccccc1C(C)C. The van der Waals surface area contributed by atoms with Crippen LogP contribution in [0.2, 0.25) is 0 Å². The third kappa shape index (κ3) is 7.34. The summed E-state index contributed by atoms with van der Waals surface area (Å²) < 4.78 is 5.99. The molecule has 0 bridgehead atoms. The van der Waals surface area contributed by atoms with Crippen LogP contribution in [0, 0.1) is 0 Å². The van der Waals surface area contributed by atoms with Crippen molar-refractivity contribution in [3.63, 3.8) is 0 Å². The number of carbonyl (C=O) groups is 2. The summed E-state index contributed by atoms with van der Waals surface area (Å²) in [6.07, 6.45) is 6.86. The van der Waals surface area contributed by atoms with Crippen molar-refractivity contribution in [1.29, 1.82) is 0 Å². The number of carbonyl (C=O) groups excluding carboxylic acids is 2. The molecular formula is C29H40N2O3. The second-order valence-corrected chi connectivity index (χ2v) is 9.57. The molecule has 2 amide bonds. The van der Waals surface area contributed by atoms with Crippen molar-refractivity contribution in [2.24, 2.45) is 0 Å². The summed E-state index contributed by atoms with van der Waals surface area (Å²) in [5.74, 6) is 0.831. The van der Waals surface area contributed by atoms with Gasteiger partial charge in [-0.2, -0.15) is 0 Å². The smallest absolute Gasteiger partial charge is 0.261 e. The minimum absolute atomic E-state index is 0.0432. The summed E-state index contributed by atoms with van der Waals surface area (Å²) in [5, 5.41) is 3.23. The molecule has 0 heterocycles. The predicted molar refractivity (Wildman–Crippen MR) is 137 cm³/mol. The highest BCUT2D eigenvalue weighted by Crippen LogP contribution is 2.26. The molecule has 1 fully saturated rings. The molecule has 1 aliphatic carbocycles. The highest BCUT2D eigenvalue weighted by atomic mass is 16.5. The van der Waals surface area contributed by atoms with Crippen molar-refractivity contribution < 1.29 is 14.3 Å². The van der Waals surface area contributed by atoms with Crippen LogP contribution in [0.4, 0.5) is 0 Å². The molecule has 1 atom stereocenters. The third-order valence-electron chi connectivity index (χ3n) is 6.71. The largest absolute Gasteiger partial charge is 0.483 e. The first-order valence-corrected chi connectivity index (χ1v) is 12.8. The topological polar surface area (TPSA) is 58.6 Å². The van der Waals surface area contributed by atoms with Gasteiger partial charge < -0.3 is 15.0 Å². The number of benzene rings is 2. The van der Waals surface area contributed by atoms with E-state index >= 15 is 0 Å². The van der Waals surface area contributed by atoms with Crippen molar-refractivity contribution >= 4 is 11.8 Å². The molecule has 2 aromatic rings. The van der Waals surface area contributed by atoms with Gasteiger partial charge in [-0.1, -0.05) is 88.6 Å². The van der Waals surface area contributed by atoms with Crippen LogP contribution in [0.5, 0.6) is 5.75 Å². The Bertz CT molecular complexity index is 907. The van der Waals surface area contributed by atoms with Gasteiger partial charge in [-0.3, -0.25) is 9.59 Å². The highest BCUT2D eigenvalue weighted by Gasteiger charge is 2.30. The van der Waals surface area contributed by atoms with Crippen molar-refractivity contribution in [2.75, 3.05) is 13.2 Å². The molecule has 0 spiro atoms. The zero-order valence-electron chi connectivity index (χ0n) is 21.0. The molecule has 5 heteroatoms. The molecule has 1 saturated carbocycles. The quantitative estimate of drug-likeness (QED) is 0.479. The number of hydrogen-bond donors (Lipinski definition) is 1. The normalized spacial score (nSPS) is 15.1. The highest BCUT2D eigenvalue weighted by molar-refractivity contribution is 5.88. The first-order valence-electron chi connectivity index (χ1n) is 12.8. The van der Waals surface area contributed by atoms with E-state index in [1.54, 1.807) is 4.90 Å². The minimum Gasteiger partial charge on any atom is -0.483 e. The first-order chi connectivity index (χ1) is 16.5. The lowest BCUT2D eigenvalue weighted by Crippen LogP contribution is -2.53. The molecule has 0 aliphatic heterocycles. The summed E-state index contributed by atoms with van der Waals surface area (Å²) in [6, 6.07) is 17.7. The molecule has 34 heavy (non-hydrogen) atoms. The molecule has 0 radical (unpaired) electrons. The summed E-state index contributed by atoms with van der Waals surface area (Å²) in [5.41, 5.74) is 2.22. The Kier molecular flexibility index (Phi) is 9.99. The molecule has 2 aromatic carbocycles. The number of amides is 2. The van der Waals surface area contributed by atoms with Crippen molar-refractivity contribution in [3.8, 4) is 5.75 Å². The van der Waals surface area contributed by atoms with Gasteiger partial charge in [0.15, 0.2) is 6.61 Å². The van der Waals surface area contributed by atoms with E-state index < -0.39 is 6.04 Å². The number of nitrogens with one attached hydrogen (secondary N) is 1. The van der Waals surface area contributed by atoms with Crippen molar-refractivity contribution in [3.05, 3.63) is 65.7 Å². The van der Waals surface area contributed by atoms with E-state index in [-0.39, 0.29) is 24.5 Å². The van der Waals surface area contributed by atoms with Crippen LogP contribution in [-0.2, 0) is 16.0 Å². The monoisotopic (exact) mass is 464 g/mol. The fourth-order valence-corrected chi connectivity index (χ4v) is 4.75. The number of hydrogen-bond acceptors (Lipinski definition) is 3. The van der Waals surface area contributed by atoms with Gasteiger partial charge in [0.05, 0.1) is 0 Å². The Morgan fingerprint density at radius 1 is 1.00 bits per heavy atom. The first kappa shape index (κ1) is 25.8. The fraction of sp³-hybridized carbons (Fsp3) is 0.517. The van der Waals surface area contributed by atoms with Crippen LogP contribution in [0.3, 0.4) is 0 Å². The number of nitrogens with zero attached hydrogens (tertiary/aromatic N) is 1. The van der Waals surface area contributed by atoms with Crippen LogP contribution in [0.1, 0.15) is 76.3 Å². The predicted octanol–water partition coefficient (Wildman–Crippen LogP) is 5.49. The Morgan fingerprint density at radius 3 is 2.35 bits per heavy atom. The summed E-state index contributed by atoms with van der Waals surface area (Å²) in [6.45, 7) is 6.60. The lowest BCUT2D eigenvalue weighted by molar-refractivity contribution is -0.142. The lowest BCUT2D eigenvalue weighted by atomic mass is 9.95. The molecule has 184 valence electrons. The number of ether oxygens (including phenoxy) is 1. The van der Waals surface area contributed by atoms with Crippen LogP contribution < -0.4 is 10.1 Å². The average molecular weight is 465 g/mol. The van der Waals surface area contributed by atoms with Gasteiger partial charge >= 0.3 is 0 Å². The maximum absolute atomic E-state index is 13.4. The summed E-state index contributed by atoms with van der Waals surface area (Å²) >= 11 is 0. The number of para-hydroxylation sites is 1. The maximum Gasteiger partial charge on any atom is 0.261 e. The average Bonchev–Trinajstić information content (AvgIpc) is 2.86. The van der Waals surface area contributed by atoms with E-state index in [0.717, 1.165) is 42.6 Å². The van der Waals surface area contributed by atoms with Gasteiger partial charge in [-0.25, -0.2) is 0 Å². The summed E-state index contributed by atoms with van der Waals surface area (Å²) in [7, 11) is 0. The van der Waals surface area contributed by atoms with Gasteiger partial charge in [0.2, 0.25) is 5.91 Å². The molecule has 1 N–H and O–H groups in total. The zero-order valence-corrected chi connectivity index (χ0v) is 21.0. The van der Waals surface area contributed by atoms with Crippen LogP contribution in [-0.4, -0.2) is 41.9 Å². The molecule has 5 nitrogen and oxygen atoms in total. The minimum atomic E-state index is -0.498. The van der Waals surface area contributed by atoms with E-state index in [1.165, 1.54) is 6.42 Å². The van der Waals surface area contributed by atoms with Gasteiger partial charge in [0.1, 0.15) is 11.8 Å². The molecule has 1 aliphatic rings. The Labute approximate surface area is 204 Å². The maximum atomic E-state index is 13.4. The standard InChI is InChI=1S/C29H40N2O3/c1-4-26(29(33)30-24-15-9-6-10-16-24)31(20-19-23-13-7-5-8-14-23)28(32)21-34-27-18-12-11-17-25(27)22(2)3/h5,7-8,11-14,17-18,22,24,26H,4,6,9-10,15-16,19-21H2,1-3H3,(H,30,33)/t26-/m0/s1. The van der Waals surface area contributed by atoms with E-state index in [2.05, 4.69) is 31.3 Å². The van der Waals surface area contributed by atoms with E-state index in [9.17, 15) is 9.59 Å². The second-order valence-electron chi connectivity index (χ2n) is 9.57. The van der Waals surface area contributed by atoms with Crippen LogP contribution >= 0.6 is 0 Å².